The number of amides is 3. The Balaban J connectivity index is 1.67. The van der Waals surface area contributed by atoms with Crippen molar-refractivity contribution >= 4 is 23.4 Å². The summed E-state index contributed by atoms with van der Waals surface area (Å²) in [5, 5.41) is 11.7. The Bertz CT molecular complexity index is 1220. The highest BCUT2D eigenvalue weighted by molar-refractivity contribution is 6.06. The Kier molecular flexibility index (Phi) is 7.39. The quantitative estimate of drug-likeness (QED) is 0.372. The highest BCUT2D eigenvalue weighted by Crippen LogP contribution is 2.27. The van der Waals surface area contributed by atoms with Crippen LogP contribution in [0.1, 0.15) is 31.1 Å². The molecular weight excluding hydrogens is 450 g/mol. The molecule has 0 bridgehead atoms. The highest BCUT2D eigenvalue weighted by atomic mass is 16.5. The maximum absolute atomic E-state index is 13.2. The van der Waals surface area contributed by atoms with Crippen molar-refractivity contribution in [2.24, 2.45) is 0 Å². The molecule has 0 unspecified atom stereocenters. The van der Waals surface area contributed by atoms with Gasteiger partial charge in [0.15, 0.2) is 0 Å². The maximum Gasteiger partial charge on any atom is 0.274 e. The van der Waals surface area contributed by atoms with Crippen molar-refractivity contribution in [1.82, 2.24) is 10.4 Å². The fraction of sp³-hybridized carbons (Fsp3) is 0.192. The smallest absolute Gasteiger partial charge is 0.274 e. The van der Waals surface area contributed by atoms with Crippen LogP contribution in [0.3, 0.4) is 0 Å². The van der Waals surface area contributed by atoms with Gasteiger partial charge in [-0.25, -0.2) is 5.48 Å². The predicted octanol–water partition coefficient (Wildman–Crippen LogP) is 3.21. The Morgan fingerprint density at radius 3 is 2.09 bits per heavy atom. The molecule has 3 amide bonds. The van der Waals surface area contributed by atoms with Gasteiger partial charge in [0.2, 0.25) is 0 Å². The topological polar surface area (TPSA) is 117 Å². The van der Waals surface area contributed by atoms with Crippen molar-refractivity contribution < 1.29 is 29.1 Å². The van der Waals surface area contributed by atoms with Gasteiger partial charge in [0.1, 0.15) is 5.75 Å². The summed E-state index contributed by atoms with van der Waals surface area (Å²) >= 11 is 0. The first-order valence-electron chi connectivity index (χ1n) is 11.0. The molecule has 9 nitrogen and oxygen atoms in total. The second-order valence-electron chi connectivity index (χ2n) is 7.90. The van der Waals surface area contributed by atoms with E-state index in [0.717, 1.165) is 5.56 Å². The Labute approximate surface area is 202 Å². The molecule has 3 N–H and O–H groups in total. The van der Waals surface area contributed by atoms with Crippen LogP contribution in [0.4, 0.5) is 5.69 Å². The summed E-state index contributed by atoms with van der Waals surface area (Å²) in [7, 11) is 1.55. The summed E-state index contributed by atoms with van der Waals surface area (Å²) in [5.74, 6) is -0.476. The maximum atomic E-state index is 13.2. The van der Waals surface area contributed by atoms with Crippen molar-refractivity contribution in [2.75, 3.05) is 38.7 Å². The fourth-order valence-corrected chi connectivity index (χ4v) is 3.76. The molecule has 0 radical (unpaired) electrons. The molecule has 3 aromatic rings. The van der Waals surface area contributed by atoms with Gasteiger partial charge in [0, 0.05) is 35.5 Å². The number of methoxy groups -OCH3 is 1. The summed E-state index contributed by atoms with van der Waals surface area (Å²) < 4.78 is 10.5. The lowest BCUT2D eigenvalue weighted by Crippen LogP contribution is -2.40. The van der Waals surface area contributed by atoms with Gasteiger partial charge < -0.3 is 19.7 Å². The third-order valence-corrected chi connectivity index (χ3v) is 5.67. The number of hydrogen-bond donors (Lipinski definition) is 3. The van der Waals surface area contributed by atoms with Crippen LogP contribution in [0.15, 0.2) is 66.7 Å². The molecule has 0 saturated carbocycles. The van der Waals surface area contributed by atoms with Crippen LogP contribution in [0.5, 0.6) is 5.75 Å². The number of hydroxylamine groups is 1. The second kappa shape index (κ2) is 10.8. The zero-order chi connectivity index (χ0) is 24.8. The number of nitrogens with zero attached hydrogens (tertiary/aromatic N) is 1. The lowest BCUT2D eigenvalue weighted by molar-refractivity contribution is 0.0303. The van der Waals surface area contributed by atoms with Gasteiger partial charge in [-0.2, -0.15) is 0 Å². The molecule has 0 aromatic heterocycles. The standard InChI is InChI=1S/C26H25N3O6/c1-34-23-8-6-18(7-9-23)24(30)27-22-15-20(17-2-4-19(5-3-17)25(31)28-33)14-21(16-22)26(32)29-10-12-35-13-11-29/h2-9,14-16,33H,10-13H2,1H3,(H,27,30)(H,28,31). The number of anilines is 1. The summed E-state index contributed by atoms with van der Waals surface area (Å²) in [6, 6.07) is 18.4. The average Bonchev–Trinajstić information content (AvgIpc) is 2.92. The Morgan fingerprint density at radius 1 is 0.829 bits per heavy atom. The number of morpholine rings is 1. The number of ether oxygens (including phenoxy) is 2. The van der Waals surface area contributed by atoms with E-state index >= 15 is 0 Å². The minimum absolute atomic E-state index is 0.161. The molecule has 1 aliphatic heterocycles. The van der Waals surface area contributed by atoms with Crippen LogP contribution in [-0.2, 0) is 4.74 Å². The van der Waals surface area contributed by atoms with Crippen molar-refractivity contribution in [3.8, 4) is 16.9 Å². The van der Waals surface area contributed by atoms with E-state index in [0.29, 0.717) is 54.4 Å². The van der Waals surface area contributed by atoms with E-state index in [2.05, 4.69) is 5.32 Å². The third-order valence-electron chi connectivity index (χ3n) is 5.67. The number of hydrogen-bond acceptors (Lipinski definition) is 6. The lowest BCUT2D eigenvalue weighted by atomic mass is 9.99. The van der Waals surface area contributed by atoms with E-state index in [9.17, 15) is 14.4 Å². The van der Waals surface area contributed by atoms with E-state index in [-0.39, 0.29) is 17.4 Å². The summed E-state index contributed by atoms with van der Waals surface area (Å²) in [5.41, 5.74) is 4.62. The first kappa shape index (κ1) is 23.9. The molecule has 1 saturated heterocycles. The summed E-state index contributed by atoms with van der Waals surface area (Å²) in [4.78, 5) is 39.4. The van der Waals surface area contributed by atoms with E-state index in [1.54, 1.807) is 84.2 Å². The number of rotatable bonds is 6. The van der Waals surface area contributed by atoms with Gasteiger partial charge in [-0.05, 0) is 65.7 Å². The second-order valence-corrected chi connectivity index (χ2v) is 7.90. The van der Waals surface area contributed by atoms with Crippen molar-refractivity contribution in [2.45, 2.75) is 0 Å². The number of carbonyl (C=O) groups excluding carboxylic acids is 3. The van der Waals surface area contributed by atoms with Gasteiger partial charge in [0.25, 0.3) is 17.7 Å². The highest BCUT2D eigenvalue weighted by Gasteiger charge is 2.20. The minimum Gasteiger partial charge on any atom is -0.497 e. The minimum atomic E-state index is -0.625. The fourth-order valence-electron chi connectivity index (χ4n) is 3.76. The zero-order valence-corrected chi connectivity index (χ0v) is 19.1. The lowest BCUT2D eigenvalue weighted by Gasteiger charge is -2.27. The van der Waals surface area contributed by atoms with E-state index < -0.39 is 5.91 Å². The van der Waals surface area contributed by atoms with Crippen molar-refractivity contribution in [3.63, 3.8) is 0 Å². The Hall–Kier alpha value is -4.21. The molecular formula is C26H25N3O6. The van der Waals surface area contributed by atoms with Crippen LogP contribution in [-0.4, -0.2) is 61.2 Å². The van der Waals surface area contributed by atoms with E-state index in [4.69, 9.17) is 14.7 Å². The monoisotopic (exact) mass is 475 g/mol. The molecule has 0 spiro atoms. The summed E-state index contributed by atoms with van der Waals surface area (Å²) in [6.45, 7) is 1.92. The van der Waals surface area contributed by atoms with Crippen LogP contribution >= 0.6 is 0 Å². The van der Waals surface area contributed by atoms with E-state index in [1.807, 2.05) is 0 Å². The Morgan fingerprint density at radius 2 is 1.46 bits per heavy atom. The van der Waals surface area contributed by atoms with Crippen molar-refractivity contribution in [3.05, 3.63) is 83.4 Å². The molecule has 4 rings (SSSR count). The first-order chi connectivity index (χ1) is 17.0. The van der Waals surface area contributed by atoms with Crippen LogP contribution < -0.4 is 15.5 Å². The molecule has 180 valence electrons. The molecule has 0 aliphatic carbocycles. The normalized spacial score (nSPS) is 13.1. The molecule has 1 heterocycles. The zero-order valence-electron chi connectivity index (χ0n) is 19.1. The molecule has 0 atom stereocenters. The SMILES string of the molecule is COc1ccc(C(=O)Nc2cc(C(=O)N3CCOCC3)cc(-c3ccc(C(=O)NO)cc3)c2)cc1. The van der Waals surface area contributed by atoms with Gasteiger partial charge >= 0.3 is 0 Å². The number of carbonyl (C=O) groups is 3. The van der Waals surface area contributed by atoms with E-state index in [1.165, 1.54) is 0 Å². The van der Waals surface area contributed by atoms with Crippen LogP contribution in [0.2, 0.25) is 0 Å². The van der Waals surface area contributed by atoms with Gasteiger partial charge in [-0.15, -0.1) is 0 Å². The predicted molar refractivity (Wildman–Crippen MR) is 129 cm³/mol. The third kappa shape index (κ3) is 5.65. The molecule has 9 heteroatoms. The average molecular weight is 476 g/mol. The molecule has 1 fully saturated rings. The van der Waals surface area contributed by atoms with Crippen LogP contribution in [0.25, 0.3) is 11.1 Å². The van der Waals surface area contributed by atoms with Crippen molar-refractivity contribution in [1.29, 1.82) is 0 Å². The first-order valence-corrected chi connectivity index (χ1v) is 11.0. The van der Waals surface area contributed by atoms with Gasteiger partial charge in [0.05, 0.1) is 20.3 Å². The molecule has 35 heavy (non-hydrogen) atoms. The number of nitrogens with one attached hydrogen (secondary N) is 2. The molecule has 1 aliphatic rings. The van der Waals surface area contributed by atoms with Crippen LogP contribution in [0, 0.1) is 0 Å². The number of benzene rings is 3. The van der Waals surface area contributed by atoms with Gasteiger partial charge in [-0.3, -0.25) is 19.6 Å². The summed E-state index contributed by atoms with van der Waals surface area (Å²) in [6.07, 6.45) is 0. The molecule has 3 aromatic carbocycles. The van der Waals surface area contributed by atoms with Gasteiger partial charge in [-0.1, -0.05) is 12.1 Å². The largest absolute Gasteiger partial charge is 0.497 e.